The molecule has 0 bridgehead atoms. The number of thiazole rings is 1. The van der Waals surface area contributed by atoms with Crippen molar-refractivity contribution in [2.75, 3.05) is 12.3 Å². The zero-order valence-corrected chi connectivity index (χ0v) is 17.3. The molecule has 0 aliphatic carbocycles. The highest BCUT2D eigenvalue weighted by Gasteiger charge is 2.14. The quantitative estimate of drug-likeness (QED) is 0.417. The highest BCUT2D eigenvalue weighted by Crippen LogP contribution is 2.28. The lowest BCUT2D eigenvalue weighted by Crippen LogP contribution is -2.26. The molecule has 140 valence electrons. The van der Waals surface area contributed by atoms with Gasteiger partial charge in [0, 0.05) is 21.9 Å². The van der Waals surface area contributed by atoms with Crippen molar-refractivity contribution in [1.82, 2.24) is 10.3 Å². The van der Waals surface area contributed by atoms with Crippen LogP contribution in [-0.2, 0) is 11.2 Å². The van der Waals surface area contributed by atoms with Gasteiger partial charge in [-0.1, -0.05) is 48.0 Å². The third-order valence-electron chi connectivity index (χ3n) is 4.11. The van der Waals surface area contributed by atoms with E-state index < -0.39 is 0 Å². The van der Waals surface area contributed by atoms with Gasteiger partial charge in [-0.3, -0.25) is 4.79 Å². The highest BCUT2D eigenvalue weighted by atomic mass is 32.2. The first-order valence-corrected chi connectivity index (χ1v) is 10.9. The van der Waals surface area contributed by atoms with Gasteiger partial charge in [-0.15, -0.1) is 23.1 Å². The molecule has 27 heavy (non-hydrogen) atoms. The number of amides is 1. The molecule has 0 aliphatic heterocycles. The molecule has 3 nitrogen and oxygen atoms in total. The lowest BCUT2D eigenvalue weighted by Gasteiger charge is -2.06. The fourth-order valence-corrected chi connectivity index (χ4v) is 4.57. The van der Waals surface area contributed by atoms with Crippen molar-refractivity contribution in [2.45, 2.75) is 31.6 Å². The van der Waals surface area contributed by atoms with Crippen LogP contribution >= 0.6 is 23.1 Å². The smallest absolute Gasteiger partial charge is 0.225 e. The van der Waals surface area contributed by atoms with Crippen molar-refractivity contribution < 1.29 is 4.79 Å². The summed E-state index contributed by atoms with van der Waals surface area (Å²) in [5.74, 6) is 1.06. The van der Waals surface area contributed by atoms with E-state index in [1.54, 1.807) is 11.3 Å². The van der Waals surface area contributed by atoms with Gasteiger partial charge in [0.05, 0.1) is 17.1 Å². The van der Waals surface area contributed by atoms with Crippen LogP contribution in [0.1, 0.15) is 21.9 Å². The van der Waals surface area contributed by atoms with Crippen LogP contribution in [0.25, 0.3) is 11.3 Å². The molecule has 3 rings (SSSR count). The Morgan fingerprint density at radius 3 is 2.56 bits per heavy atom. The van der Waals surface area contributed by atoms with Gasteiger partial charge in [0.15, 0.2) is 0 Å². The fraction of sp³-hybridized carbons (Fsp3) is 0.273. The summed E-state index contributed by atoms with van der Waals surface area (Å²) in [6, 6.07) is 18.7. The molecular weight excluding hydrogens is 372 g/mol. The first kappa shape index (κ1) is 19.6. The maximum atomic E-state index is 12.4. The van der Waals surface area contributed by atoms with Crippen molar-refractivity contribution in [3.8, 4) is 11.3 Å². The molecule has 5 heteroatoms. The second-order valence-corrected chi connectivity index (χ2v) is 8.87. The van der Waals surface area contributed by atoms with Crippen molar-refractivity contribution in [1.29, 1.82) is 0 Å². The summed E-state index contributed by atoms with van der Waals surface area (Å²) in [6.45, 7) is 4.77. The third-order valence-corrected chi connectivity index (χ3v) is 6.17. The Kier molecular flexibility index (Phi) is 7.07. The first-order valence-electron chi connectivity index (χ1n) is 9.10. The Hall–Kier alpha value is -2.11. The monoisotopic (exact) mass is 396 g/mol. The number of aryl methyl sites for hydroxylation is 2. The van der Waals surface area contributed by atoms with E-state index in [0.29, 0.717) is 13.0 Å². The van der Waals surface area contributed by atoms with Gasteiger partial charge in [0.1, 0.15) is 0 Å². The van der Waals surface area contributed by atoms with Gasteiger partial charge in [0.2, 0.25) is 5.91 Å². The summed E-state index contributed by atoms with van der Waals surface area (Å²) in [5, 5.41) is 4.03. The predicted octanol–water partition coefficient (Wildman–Crippen LogP) is 5.27. The van der Waals surface area contributed by atoms with E-state index in [-0.39, 0.29) is 5.91 Å². The van der Waals surface area contributed by atoms with Crippen LogP contribution in [-0.4, -0.2) is 23.2 Å². The minimum Gasteiger partial charge on any atom is -0.356 e. The zero-order chi connectivity index (χ0) is 19.1. The van der Waals surface area contributed by atoms with E-state index >= 15 is 0 Å². The van der Waals surface area contributed by atoms with Crippen LogP contribution in [0.15, 0.2) is 59.5 Å². The molecule has 0 saturated heterocycles. The third kappa shape index (κ3) is 5.94. The summed E-state index contributed by atoms with van der Waals surface area (Å²) < 4.78 is 0. The minimum absolute atomic E-state index is 0.0664. The van der Waals surface area contributed by atoms with Crippen LogP contribution in [0.5, 0.6) is 0 Å². The predicted molar refractivity (Wildman–Crippen MR) is 116 cm³/mol. The number of nitrogens with one attached hydrogen (secondary N) is 1. The van der Waals surface area contributed by atoms with Crippen LogP contribution in [0.3, 0.4) is 0 Å². The second kappa shape index (κ2) is 9.72. The number of hydrogen-bond donors (Lipinski definition) is 1. The van der Waals surface area contributed by atoms with E-state index in [2.05, 4.69) is 53.6 Å². The summed E-state index contributed by atoms with van der Waals surface area (Å²) in [4.78, 5) is 19.3. The number of benzene rings is 2. The maximum absolute atomic E-state index is 12.4. The number of nitrogens with zero attached hydrogens (tertiary/aromatic N) is 1. The molecule has 1 heterocycles. The van der Waals surface area contributed by atoms with Crippen molar-refractivity contribution in [3.05, 3.63) is 70.0 Å². The number of aromatic nitrogens is 1. The van der Waals surface area contributed by atoms with Crippen molar-refractivity contribution in [3.63, 3.8) is 0 Å². The summed E-state index contributed by atoms with van der Waals surface area (Å²) in [7, 11) is 0. The number of carbonyl (C=O) groups excluding carboxylic acids is 1. The Bertz CT molecular complexity index is 873. The number of thioether (sulfide) groups is 1. The van der Waals surface area contributed by atoms with Crippen LogP contribution < -0.4 is 5.32 Å². The minimum atomic E-state index is 0.0664. The molecule has 0 fully saturated rings. The molecule has 0 saturated carbocycles. The molecule has 1 amide bonds. The molecule has 0 unspecified atom stereocenters. The van der Waals surface area contributed by atoms with Crippen LogP contribution in [0, 0.1) is 13.8 Å². The van der Waals surface area contributed by atoms with Gasteiger partial charge in [-0.2, -0.15) is 0 Å². The van der Waals surface area contributed by atoms with Crippen LogP contribution in [0.4, 0.5) is 0 Å². The van der Waals surface area contributed by atoms with E-state index in [1.807, 2.05) is 36.9 Å². The molecule has 0 atom stereocenters. The molecule has 3 aromatic rings. The number of carbonyl (C=O) groups is 1. The van der Waals surface area contributed by atoms with Gasteiger partial charge in [-0.25, -0.2) is 4.98 Å². The van der Waals surface area contributed by atoms with E-state index in [0.717, 1.165) is 33.3 Å². The molecule has 0 radical (unpaired) electrons. The second-order valence-electron chi connectivity index (χ2n) is 6.41. The number of rotatable bonds is 8. The summed E-state index contributed by atoms with van der Waals surface area (Å²) in [5.41, 5.74) is 3.23. The van der Waals surface area contributed by atoms with E-state index in [9.17, 15) is 4.79 Å². The van der Waals surface area contributed by atoms with Crippen molar-refractivity contribution >= 4 is 29.0 Å². The Morgan fingerprint density at radius 2 is 1.81 bits per heavy atom. The molecule has 0 spiro atoms. The van der Waals surface area contributed by atoms with Gasteiger partial charge >= 0.3 is 0 Å². The topological polar surface area (TPSA) is 42.0 Å². The molecular formula is C22H24N2OS2. The average Bonchev–Trinajstić information content (AvgIpc) is 3.03. The van der Waals surface area contributed by atoms with Gasteiger partial charge in [0.25, 0.3) is 0 Å². The first-order chi connectivity index (χ1) is 13.1. The Labute approximate surface area is 169 Å². The normalized spacial score (nSPS) is 10.7. The van der Waals surface area contributed by atoms with Crippen LogP contribution in [0.2, 0.25) is 0 Å². The molecule has 1 N–H and O–H groups in total. The van der Waals surface area contributed by atoms with Gasteiger partial charge in [-0.05, 0) is 38.2 Å². The fourth-order valence-electron chi connectivity index (χ4n) is 2.74. The van der Waals surface area contributed by atoms with Gasteiger partial charge < -0.3 is 5.32 Å². The molecule has 1 aromatic heterocycles. The maximum Gasteiger partial charge on any atom is 0.225 e. The summed E-state index contributed by atoms with van der Waals surface area (Å²) in [6.07, 6.45) is 1.35. The van der Waals surface area contributed by atoms with E-state index in [4.69, 9.17) is 0 Å². The van der Waals surface area contributed by atoms with E-state index in [1.165, 1.54) is 10.5 Å². The SMILES string of the molecule is Cc1ccc(-c2nc(C)sc2CC(=O)NCCCSc2ccccc2)cc1. The average molecular weight is 397 g/mol. The highest BCUT2D eigenvalue weighted by molar-refractivity contribution is 7.99. The molecule has 0 aliphatic rings. The molecule has 2 aromatic carbocycles. The van der Waals surface area contributed by atoms with Crippen molar-refractivity contribution in [2.24, 2.45) is 0 Å². The zero-order valence-electron chi connectivity index (χ0n) is 15.7. The summed E-state index contributed by atoms with van der Waals surface area (Å²) >= 11 is 3.43. The lowest BCUT2D eigenvalue weighted by molar-refractivity contribution is -0.120. The standard InChI is InChI=1S/C22H24N2OS2/c1-16-9-11-18(12-10-16)22-20(27-17(2)24-22)15-21(25)23-13-6-14-26-19-7-4-3-5-8-19/h3-5,7-12H,6,13-15H2,1-2H3,(H,23,25). The lowest BCUT2D eigenvalue weighted by atomic mass is 10.1. The Balaban J connectivity index is 1.49. The Morgan fingerprint density at radius 1 is 1.07 bits per heavy atom. The number of hydrogen-bond acceptors (Lipinski definition) is 4. The largest absolute Gasteiger partial charge is 0.356 e.